The summed E-state index contributed by atoms with van der Waals surface area (Å²) in [4.78, 5) is 16.8. The molecule has 0 spiro atoms. The predicted molar refractivity (Wildman–Crippen MR) is 80.2 cm³/mol. The highest BCUT2D eigenvalue weighted by atomic mass is 16.5. The molecule has 1 atom stereocenters. The van der Waals surface area contributed by atoms with Crippen molar-refractivity contribution in [3.05, 3.63) is 48.5 Å². The quantitative estimate of drug-likeness (QED) is 0.792. The molecule has 0 radical (unpaired) electrons. The van der Waals surface area contributed by atoms with Gasteiger partial charge in [-0.15, -0.1) is 0 Å². The van der Waals surface area contributed by atoms with Crippen LogP contribution in [-0.2, 0) is 0 Å². The number of nitrogens with one attached hydrogen (secondary N) is 1. The Labute approximate surface area is 122 Å². The van der Waals surface area contributed by atoms with Gasteiger partial charge in [0.2, 0.25) is 0 Å². The van der Waals surface area contributed by atoms with Gasteiger partial charge < -0.3 is 10.1 Å². The zero-order valence-corrected chi connectivity index (χ0v) is 11.8. The van der Waals surface area contributed by atoms with Crippen LogP contribution in [0.5, 0.6) is 5.75 Å². The van der Waals surface area contributed by atoms with Crippen molar-refractivity contribution in [1.29, 1.82) is 0 Å². The van der Waals surface area contributed by atoms with Crippen molar-refractivity contribution in [2.75, 3.05) is 12.4 Å². The lowest BCUT2D eigenvalue weighted by Crippen LogP contribution is -2.09. The van der Waals surface area contributed by atoms with Gasteiger partial charge in [-0.05, 0) is 24.6 Å². The number of benzene rings is 1. The number of hydrogen-bond acceptors (Lipinski definition) is 6. The summed E-state index contributed by atoms with van der Waals surface area (Å²) >= 11 is 0. The first-order valence-corrected chi connectivity index (χ1v) is 6.60. The van der Waals surface area contributed by atoms with Gasteiger partial charge in [-0.3, -0.25) is 0 Å². The largest absolute Gasteiger partial charge is 0.497 e. The molecular weight excluding hydrogens is 266 g/mol. The number of ether oxygens (including phenoxy) is 1. The third-order valence-electron chi connectivity index (χ3n) is 3.24. The molecule has 2 heterocycles. The van der Waals surface area contributed by atoms with Gasteiger partial charge in [0.15, 0.2) is 11.5 Å². The van der Waals surface area contributed by atoms with Crippen molar-refractivity contribution in [2.45, 2.75) is 13.0 Å². The van der Waals surface area contributed by atoms with Crippen LogP contribution in [-0.4, -0.2) is 27.0 Å². The molecule has 1 unspecified atom stereocenters. The lowest BCUT2D eigenvalue weighted by Gasteiger charge is -2.15. The van der Waals surface area contributed by atoms with Gasteiger partial charge in [-0.1, -0.05) is 12.1 Å². The molecule has 0 saturated carbocycles. The highest BCUT2D eigenvalue weighted by Crippen LogP contribution is 2.23. The SMILES string of the molecule is COc1ccc(C(C)Nc2ncnc3nccnc23)cc1. The van der Waals surface area contributed by atoms with Crippen molar-refractivity contribution < 1.29 is 4.74 Å². The van der Waals surface area contributed by atoms with Crippen LogP contribution in [0.25, 0.3) is 11.2 Å². The minimum atomic E-state index is 0.0796. The van der Waals surface area contributed by atoms with Gasteiger partial charge in [0, 0.05) is 12.4 Å². The molecule has 0 fully saturated rings. The normalized spacial score (nSPS) is 12.1. The van der Waals surface area contributed by atoms with Crippen LogP contribution in [0.2, 0.25) is 0 Å². The molecule has 0 aliphatic carbocycles. The molecule has 3 rings (SSSR count). The van der Waals surface area contributed by atoms with Crippen LogP contribution in [0.4, 0.5) is 5.82 Å². The number of methoxy groups -OCH3 is 1. The average Bonchev–Trinajstić information content (AvgIpc) is 2.55. The van der Waals surface area contributed by atoms with E-state index in [-0.39, 0.29) is 6.04 Å². The topological polar surface area (TPSA) is 72.8 Å². The fraction of sp³-hybridized carbons (Fsp3) is 0.200. The molecule has 6 heteroatoms. The van der Waals surface area contributed by atoms with Crippen molar-refractivity contribution in [3.8, 4) is 5.75 Å². The zero-order valence-electron chi connectivity index (χ0n) is 11.8. The Balaban J connectivity index is 1.87. The lowest BCUT2D eigenvalue weighted by molar-refractivity contribution is 0.414. The Bertz CT molecular complexity index is 739. The van der Waals surface area contributed by atoms with Crippen LogP contribution in [0.1, 0.15) is 18.5 Å². The first-order chi connectivity index (χ1) is 10.3. The van der Waals surface area contributed by atoms with Gasteiger partial charge in [-0.2, -0.15) is 0 Å². The van der Waals surface area contributed by atoms with E-state index in [1.807, 2.05) is 24.3 Å². The second kappa shape index (κ2) is 5.70. The third kappa shape index (κ3) is 2.74. The fourth-order valence-corrected chi connectivity index (χ4v) is 2.08. The number of anilines is 1. The molecule has 21 heavy (non-hydrogen) atoms. The third-order valence-corrected chi connectivity index (χ3v) is 3.24. The van der Waals surface area contributed by atoms with Gasteiger partial charge in [0.1, 0.15) is 17.6 Å². The highest BCUT2D eigenvalue weighted by molar-refractivity contribution is 5.81. The summed E-state index contributed by atoms with van der Waals surface area (Å²) in [5, 5.41) is 3.34. The van der Waals surface area contributed by atoms with E-state index in [1.165, 1.54) is 6.33 Å². The summed E-state index contributed by atoms with van der Waals surface area (Å²) < 4.78 is 5.17. The number of fused-ring (bicyclic) bond motifs is 1. The Hall–Kier alpha value is -2.76. The maximum absolute atomic E-state index is 5.17. The van der Waals surface area contributed by atoms with Crippen LogP contribution in [0.15, 0.2) is 43.0 Å². The van der Waals surface area contributed by atoms with Crippen molar-refractivity contribution >= 4 is 17.0 Å². The predicted octanol–water partition coefficient (Wildman–Crippen LogP) is 2.60. The molecule has 3 aromatic rings. The molecule has 1 aromatic carbocycles. The van der Waals surface area contributed by atoms with Crippen molar-refractivity contribution in [3.63, 3.8) is 0 Å². The Morgan fingerprint density at radius 2 is 1.76 bits per heavy atom. The molecule has 106 valence electrons. The molecule has 0 aliphatic heterocycles. The van der Waals surface area contributed by atoms with Gasteiger partial charge >= 0.3 is 0 Å². The fourth-order valence-electron chi connectivity index (χ4n) is 2.08. The molecule has 0 aliphatic rings. The van der Waals surface area contributed by atoms with E-state index in [1.54, 1.807) is 19.5 Å². The smallest absolute Gasteiger partial charge is 0.183 e. The highest BCUT2D eigenvalue weighted by Gasteiger charge is 2.10. The summed E-state index contributed by atoms with van der Waals surface area (Å²) in [5.74, 6) is 1.51. The van der Waals surface area contributed by atoms with Crippen LogP contribution >= 0.6 is 0 Å². The Kier molecular flexibility index (Phi) is 3.59. The summed E-state index contributed by atoms with van der Waals surface area (Å²) in [6, 6.07) is 7.99. The first-order valence-electron chi connectivity index (χ1n) is 6.60. The molecule has 0 saturated heterocycles. The average molecular weight is 281 g/mol. The van der Waals surface area contributed by atoms with Gasteiger partial charge in [0.25, 0.3) is 0 Å². The minimum Gasteiger partial charge on any atom is -0.497 e. The molecule has 0 bridgehead atoms. The Morgan fingerprint density at radius 1 is 1.00 bits per heavy atom. The molecule has 1 N–H and O–H groups in total. The summed E-state index contributed by atoms with van der Waals surface area (Å²) in [6.45, 7) is 2.06. The molecular formula is C15H15N5O. The van der Waals surface area contributed by atoms with Crippen molar-refractivity contribution in [1.82, 2.24) is 19.9 Å². The monoisotopic (exact) mass is 281 g/mol. The maximum Gasteiger partial charge on any atom is 0.183 e. The van der Waals surface area contributed by atoms with E-state index in [0.717, 1.165) is 11.3 Å². The Morgan fingerprint density at radius 3 is 2.52 bits per heavy atom. The number of aromatic nitrogens is 4. The van der Waals surface area contributed by atoms with Crippen LogP contribution in [0, 0.1) is 0 Å². The number of rotatable bonds is 4. The second-order valence-corrected chi connectivity index (χ2v) is 4.59. The standard InChI is InChI=1S/C15H15N5O/c1-10(11-3-5-12(21-2)6-4-11)20-15-13-14(18-9-19-15)17-8-7-16-13/h3-10H,1-2H3,(H,17,18,19,20). The van der Waals surface area contributed by atoms with E-state index >= 15 is 0 Å². The van der Waals surface area contributed by atoms with Crippen LogP contribution in [0.3, 0.4) is 0 Å². The number of hydrogen-bond donors (Lipinski definition) is 1. The van der Waals surface area contributed by atoms with Gasteiger partial charge in [0.05, 0.1) is 13.2 Å². The maximum atomic E-state index is 5.17. The molecule has 2 aromatic heterocycles. The minimum absolute atomic E-state index is 0.0796. The van der Waals surface area contributed by atoms with Crippen molar-refractivity contribution in [2.24, 2.45) is 0 Å². The summed E-state index contributed by atoms with van der Waals surface area (Å²) in [6.07, 6.45) is 4.74. The van der Waals surface area contributed by atoms with E-state index in [4.69, 9.17) is 4.74 Å². The number of nitrogens with zero attached hydrogens (tertiary/aromatic N) is 4. The van der Waals surface area contributed by atoms with E-state index < -0.39 is 0 Å². The van der Waals surface area contributed by atoms with E-state index in [2.05, 4.69) is 32.2 Å². The lowest BCUT2D eigenvalue weighted by atomic mass is 10.1. The van der Waals surface area contributed by atoms with Crippen LogP contribution < -0.4 is 10.1 Å². The first kappa shape index (κ1) is 13.2. The molecule has 0 amide bonds. The summed E-state index contributed by atoms with van der Waals surface area (Å²) in [7, 11) is 1.66. The second-order valence-electron chi connectivity index (χ2n) is 4.59. The molecule has 6 nitrogen and oxygen atoms in total. The van der Waals surface area contributed by atoms with Gasteiger partial charge in [-0.25, -0.2) is 19.9 Å². The zero-order chi connectivity index (χ0) is 14.7. The summed E-state index contributed by atoms with van der Waals surface area (Å²) in [5.41, 5.74) is 2.38. The van der Waals surface area contributed by atoms with E-state index in [0.29, 0.717) is 17.0 Å². The van der Waals surface area contributed by atoms with E-state index in [9.17, 15) is 0 Å².